The van der Waals surface area contributed by atoms with E-state index in [9.17, 15) is 0 Å². The number of rotatable bonds is 5. The highest BCUT2D eigenvalue weighted by atomic mass is 35.5. The number of benzene rings is 1. The Balaban J connectivity index is 1.28. The molecule has 1 aromatic carbocycles. The van der Waals surface area contributed by atoms with Crippen molar-refractivity contribution in [2.45, 2.75) is 18.5 Å². The number of hydrogen-bond acceptors (Lipinski definition) is 8. The molecule has 0 unspecified atom stereocenters. The third kappa shape index (κ3) is 3.49. The van der Waals surface area contributed by atoms with Gasteiger partial charge in [-0.2, -0.15) is 0 Å². The van der Waals surface area contributed by atoms with Crippen LogP contribution < -0.4 is 20.3 Å². The number of anilines is 3. The fraction of sp³-hybridized carbons (Fsp3) is 0.273. The van der Waals surface area contributed by atoms with Gasteiger partial charge in [-0.15, -0.1) is 5.10 Å². The highest BCUT2D eigenvalue weighted by molar-refractivity contribution is 6.32. The summed E-state index contributed by atoms with van der Waals surface area (Å²) in [5.74, 6) is 2.61. The van der Waals surface area contributed by atoms with Gasteiger partial charge in [0, 0.05) is 50.2 Å². The van der Waals surface area contributed by atoms with Crippen molar-refractivity contribution in [3.63, 3.8) is 0 Å². The second-order valence-electron chi connectivity index (χ2n) is 8.11. The van der Waals surface area contributed by atoms with Crippen molar-refractivity contribution in [3.8, 4) is 11.6 Å². The van der Waals surface area contributed by atoms with E-state index in [4.69, 9.17) is 21.3 Å². The second kappa shape index (κ2) is 7.61. The molecule has 3 aromatic heterocycles. The number of nitrogens with one attached hydrogen (secondary N) is 2. The smallest absolute Gasteiger partial charge is 0.238 e. The molecule has 0 spiro atoms. The molecule has 9 nitrogen and oxygen atoms in total. The Morgan fingerprint density at radius 2 is 2.12 bits per heavy atom. The Bertz CT molecular complexity index is 1310. The van der Waals surface area contributed by atoms with Crippen LogP contribution in [0.25, 0.3) is 11.0 Å². The zero-order valence-electron chi connectivity index (χ0n) is 17.4. The van der Waals surface area contributed by atoms with Gasteiger partial charge < -0.3 is 20.3 Å². The lowest BCUT2D eigenvalue weighted by atomic mass is 10.2. The molecule has 5 heterocycles. The Morgan fingerprint density at radius 1 is 1.19 bits per heavy atom. The predicted octanol–water partition coefficient (Wildman–Crippen LogP) is 3.50. The molecule has 32 heavy (non-hydrogen) atoms. The fourth-order valence-corrected chi connectivity index (χ4v) is 4.60. The summed E-state index contributed by atoms with van der Waals surface area (Å²) < 4.78 is 7.43. The number of piperazine rings is 1. The molecule has 2 saturated heterocycles. The van der Waals surface area contributed by atoms with E-state index in [2.05, 4.69) is 30.6 Å². The van der Waals surface area contributed by atoms with Crippen LogP contribution in [0.1, 0.15) is 6.42 Å². The lowest BCUT2D eigenvalue weighted by Gasteiger charge is -2.28. The fourth-order valence-electron chi connectivity index (χ4n) is 4.38. The van der Waals surface area contributed by atoms with Crippen molar-refractivity contribution < 1.29 is 4.74 Å². The van der Waals surface area contributed by atoms with Crippen LogP contribution in [0.4, 0.5) is 17.3 Å². The molecule has 2 fully saturated rings. The molecular weight excluding hydrogens is 428 g/mol. The van der Waals surface area contributed by atoms with E-state index in [0.717, 1.165) is 35.6 Å². The molecule has 2 aliphatic heterocycles. The van der Waals surface area contributed by atoms with Crippen molar-refractivity contribution in [1.29, 1.82) is 0 Å². The van der Waals surface area contributed by atoms with Gasteiger partial charge in [0.15, 0.2) is 5.82 Å². The zero-order valence-corrected chi connectivity index (χ0v) is 18.1. The standard InChI is InChI=1S/C22H21ClN8O/c1-30-7-6-20(29-30)32-18-4-2-13(9-16(18)23)27-22-21-17(25-12-26-22)3-5-19(28-21)31-11-14-8-15(31)10-24-14/h2-7,9,12,14-15,24H,8,10-11H2,1H3,(H,25,26,27)/t14-,15-/m0/s1. The van der Waals surface area contributed by atoms with Crippen LogP contribution in [0.5, 0.6) is 11.6 Å². The molecular formula is C22H21ClN8O. The Morgan fingerprint density at radius 3 is 2.88 bits per heavy atom. The van der Waals surface area contributed by atoms with E-state index >= 15 is 0 Å². The number of hydrogen-bond donors (Lipinski definition) is 2. The van der Waals surface area contributed by atoms with Crippen LogP contribution in [0.2, 0.25) is 5.02 Å². The van der Waals surface area contributed by atoms with Crippen LogP contribution in [0, 0.1) is 0 Å². The van der Waals surface area contributed by atoms with Crippen molar-refractivity contribution in [2.75, 3.05) is 23.3 Å². The highest BCUT2D eigenvalue weighted by Crippen LogP contribution is 2.34. The van der Waals surface area contributed by atoms with E-state index in [0.29, 0.717) is 34.6 Å². The molecule has 0 aliphatic carbocycles. The van der Waals surface area contributed by atoms with Gasteiger partial charge in [-0.25, -0.2) is 15.0 Å². The summed E-state index contributed by atoms with van der Waals surface area (Å²) in [4.78, 5) is 16.1. The third-order valence-corrected chi connectivity index (χ3v) is 6.21. The molecule has 2 bridgehead atoms. The minimum atomic E-state index is 0.466. The number of aryl methyl sites for hydroxylation is 1. The average molecular weight is 449 g/mol. The molecule has 0 radical (unpaired) electrons. The molecule has 2 atom stereocenters. The number of halogens is 1. The highest BCUT2D eigenvalue weighted by Gasteiger charge is 2.38. The van der Waals surface area contributed by atoms with Crippen LogP contribution in [0.3, 0.4) is 0 Å². The molecule has 4 aromatic rings. The van der Waals surface area contributed by atoms with E-state index in [1.807, 2.05) is 31.4 Å². The summed E-state index contributed by atoms with van der Waals surface area (Å²) in [6, 6.07) is 12.3. The monoisotopic (exact) mass is 448 g/mol. The van der Waals surface area contributed by atoms with Crippen LogP contribution in [0.15, 0.2) is 48.9 Å². The average Bonchev–Trinajstić information content (AvgIpc) is 3.53. The number of pyridine rings is 1. The van der Waals surface area contributed by atoms with E-state index < -0.39 is 0 Å². The van der Waals surface area contributed by atoms with Crippen LogP contribution >= 0.6 is 11.6 Å². The normalized spacial score (nSPS) is 19.6. The lowest BCUT2D eigenvalue weighted by molar-refractivity contribution is 0.454. The number of aromatic nitrogens is 5. The molecule has 6 rings (SSSR count). The minimum Gasteiger partial charge on any atom is -0.436 e. The Labute approximate surface area is 189 Å². The van der Waals surface area contributed by atoms with Gasteiger partial charge in [-0.1, -0.05) is 11.6 Å². The number of ether oxygens (including phenoxy) is 1. The first-order valence-corrected chi connectivity index (χ1v) is 10.9. The van der Waals surface area contributed by atoms with Crippen molar-refractivity contribution in [2.24, 2.45) is 7.05 Å². The minimum absolute atomic E-state index is 0.466. The summed E-state index contributed by atoms with van der Waals surface area (Å²) in [7, 11) is 1.83. The maximum absolute atomic E-state index is 6.46. The SMILES string of the molecule is Cn1ccc(Oc2ccc(Nc3ncnc4ccc(N5C[C@@H]6C[C@H]5CN6)nc34)cc2Cl)n1. The maximum atomic E-state index is 6.46. The first-order chi connectivity index (χ1) is 15.6. The second-order valence-corrected chi connectivity index (χ2v) is 8.51. The van der Waals surface area contributed by atoms with Gasteiger partial charge in [0.25, 0.3) is 0 Å². The topological polar surface area (TPSA) is 93.0 Å². The van der Waals surface area contributed by atoms with Gasteiger partial charge in [-0.3, -0.25) is 4.68 Å². The van der Waals surface area contributed by atoms with Gasteiger partial charge in [0.05, 0.1) is 10.5 Å². The molecule has 0 saturated carbocycles. The number of nitrogens with zero attached hydrogens (tertiary/aromatic N) is 6. The first-order valence-electron chi connectivity index (χ1n) is 10.5. The van der Waals surface area contributed by atoms with E-state index in [1.165, 1.54) is 12.7 Å². The molecule has 10 heteroatoms. The Kier molecular flexibility index (Phi) is 4.58. The number of fused-ring (bicyclic) bond motifs is 3. The summed E-state index contributed by atoms with van der Waals surface area (Å²) >= 11 is 6.46. The maximum Gasteiger partial charge on any atom is 0.238 e. The van der Waals surface area contributed by atoms with Gasteiger partial charge >= 0.3 is 0 Å². The molecule has 162 valence electrons. The summed E-state index contributed by atoms with van der Waals surface area (Å²) in [6.45, 7) is 1.99. The van der Waals surface area contributed by atoms with Crippen molar-refractivity contribution >= 4 is 40.0 Å². The third-order valence-electron chi connectivity index (χ3n) is 5.92. The molecule has 0 amide bonds. The first kappa shape index (κ1) is 19.3. The summed E-state index contributed by atoms with van der Waals surface area (Å²) in [6.07, 6.45) is 4.51. The van der Waals surface area contributed by atoms with Gasteiger partial charge in [0.2, 0.25) is 5.88 Å². The van der Waals surface area contributed by atoms with Crippen LogP contribution in [-0.2, 0) is 7.05 Å². The largest absolute Gasteiger partial charge is 0.436 e. The molecule has 2 aliphatic rings. The lowest BCUT2D eigenvalue weighted by Crippen LogP contribution is -2.44. The van der Waals surface area contributed by atoms with Gasteiger partial charge in [0.1, 0.15) is 23.4 Å². The van der Waals surface area contributed by atoms with E-state index in [1.54, 1.807) is 22.9 Å². The van der Waals surface area contributed by atoms with Gasteiger partial charge in [-0.05, 0) is 36.8 Å². The van der Waals surface area contributed by atoms with Crippen LogP contribution in [-0.4, -0.2) is 49.9 Å². The van der Waals surface area contributed by atoms with Crippen molar-refractivity contribution in [3.05, 3.63) is 53.9 Å². The predicted molar refractivity (Wildman–Crippen MR) is 123 cm³/mol. The zero-order chi connectivity index (χ0) is 21.7. The van der Waals surface area contributed by atoms with Crippen molar-refractivity contribution in [1.82, 2.24) is 30.0 Å². The summed E-state index contributed by atoms with van der Waals surface area (Å²) in [5.41, 5.74) is 2.29. The summed E-state index contributed by atoms with van der Waals surface area (Å²) in [5, 5.41) is 11.5. The Hall–Kier alpha value is -3.43. The quantitative estimate of drug-likeness (QED) is 0.479. The molecule has 2 N–H and O–H groups in total. The van der Waals surface area contributed by atoms with E-state index in [-0.39, 0.29) is 0 Å².